The van der Waals surface area contributed by atoms with Gasteiger partial charge in [0, 0.05) is 5.34 Å². The Morgan fingerprint density at radius 1 is 1.00 bits per heavy atom. The molecule has 0 fully saturated rings. The summed E-state index contributed by atoms with van der Waals surface area (Å²) < 4.78 is 47.3. The van der Waals surface area contributed by atoms with Crippen molar-refractivity contribution in [2.75, 3.05) is 6.61 Å². The summed E-state index contributed by atoms with van der Waals surface area (Å²) in [6, 6.07) is 10.7. The van der Waals surface area contributed by atoms with Gasteiger partial charge in [-0.05, 0) is 46.6 Å². The Morgan fingerprint density at radius 2 is 1.60 bits per heavy atom. The number of halogens is 3. The number of benzene rings is 2. The van der Waals surface area contributed by atoms with Crippen LogP contribution in [-0.2, 0) is 6.54 Å². The first-order valence-electron chi connectivity index (χ1n) is 11.1. The van der Waals surface area contributed by atoms with Crippen LogP contribution in [0.25, 0.3) is 11.1 Å². The SMILES string of the molecule is Bc1nc(CN2C(=O)c3cc(-c4ccc(OC(F)(F)F)cc4)ccc3OCC2(B)B)nc(B)c1B. The Kier molecular flexibility index (Phi) is 6.42. The van der Waals surface area contributed by atoms with E-state index in [0.29, 0.717) is 28.3 Å². The zero-order valence-corrected chi connectivity index (χ0v) is 20.2. The summed E-state index contributed by atoms with van der Waals surface area (Å²) in [4.78, 5) is 24.6. The van der Waals surface area contributed by atoms with Gasteiger partial charge >= 0.3 is 6.36 Å². The third-order valence-corrected chi connectivity index (χ3v) is 6.17. The molecule has 2 heterocycles. The number of aromatic nitrogens is 2. The third-order valence-electron chi connectivity index (χ3n) is 6.17. The largest absolute Gasteiger partial charge is 0.573 e. The molecule has 0 spiro atoms. The van der Waals surface area contributed by atoms with Crippen LogP contribution in [0.5, 0.6) is 11.5 Å². The molecule has 1 aliphatic heterocycles. The number of hydrogen-bond acceptors (Lipinski definition) is 5. The van der Waals surface area contributed by atoms with Gasteiger partial charge < -0.3 is 14.4 Å². The number of hydrogen-bond donors (Lipinski definition) is 0. The lowest BCUT2D eigenvalue weighted by Crippen LogP contribution is -2.55. The zero-order valence-electron chi connectivity index (χ0n) is 20.2. The molecule has 0 unspecified atom stereocenters. The van der Waals surface area contributed by atoms with Gasteiger partial charge in [0.1, 0.15) is 40.9 Å². The molecular formula is C21H21B5F3N3O3. The van der Waals surface area contributed by atoms with Crippen LogP contribution in [-0.4, -0.2) is 78.3 Å². The lowest BCUT2D eigenvalue weighted by molar-refractivity contribution is -0.274. The number of rotatable bonds is 4. The fourth-order valence-corrected chi connectivity index (χ4v) is 3.94. The lowest BCUT2D eigenvalue weighted by Gasteiger charge is -2.36. The molecule has 0 radical (unpaired) electrons. The highest BCUT2D eigenvalue weighted by Crippen LogP contribution is 2.33. The average molecular weight is 474 g/mol. The topological polar surface area (TPSA) is 64.6 Å². The van der Waals surface area contributed by atoms with E-state index in [-0.39, 0.29) is 24.8 Å². The molecule has 4 rings (SSSR count). The second-order valence-electron chi connectivity index (χ2n) is 9.21. The lowest BCUT2D eigenvalue weighted by atomic mass is 9.61. The summed E-state index contributed by atoms with van der Waals surface area (Å²) in [6.45, 7) is 0.489. The van der Waals surface area contributed by atoms with Crippen LogP contribution in [0.4, 0.5) is 13.2 Å². The Labute approximate surface area is 205 Å². The van der Waals surface area contributed by atoms with Gasteiger partial charge in [0.25, 0.3) is 5.91 Å². The van der Waals surface area contributed by atoms with Crippen molar-refractivity contribution in [1.82, 2.24) is 14.9 Å². The van der Waals surface area contributed by atoms with Crippen molar-refractivity contribution in [2.24, 2.45) is 0 Å². The zero-order chi connectivity index (χ0) is 25.5. The maximum absolute atomic E-state index is 13.7. The van der Waals surface area contributed by atoms with Gasteiger partial charge in [0.05, 0.1) is 18.7 Å². The standard InChI is InChI=1S/C21H21B5F3N3O3/c22-16-17(23)30-15(31-18(16)24)8-32-19(33)13-7-11(3-6-14(13)34-9-20(32,25)26)10-1-4-12(5-2-10)35-21(27,28)29/h1-7H,8-9,22-26H2. The third kappa shape index (κ3) is 5.36. The van der Waals surface area contributed by atoms with Gasteiger partial charge in [0.2, 0.25) is 0 Å². The predicted molar refractivity (Wildman–Crippen MR) is 140 cm³/mol. The predicted octanol–water partition coefficient (Wildman–Crippen LogP) is -3.23. The van der Waals surface area contributed by atoms with Crippen LogP contribution in [0.1, 0.15) is 16.2 Å². The summed E-state index contributed by atoms with van der Waals surface area (Å²) in [5.41, 5.74) is 4.41. The number of alkyl halides is 3. The van der Waals surface area contributed by atoms with Crippen molar-refractivity contribution in [1.29, 1.82) is 0 Å². The van der Waals surface area contributed by atoms with Crippen LogP contribution >= 0.6 is 0 Å². The summed E-state index contributed by atoms with van der Waals surface area (Å²) in [5, 5.41) is -0.636. The fourth-order valence-electron chi connectivity index (χ4n) is 3.94. The molecule has 0 saturated heterocycles. The van der Waals surface area contributed by atoms with E-state index in [1.807, 2.05) is 39.2 Å². The van der Waals surface area contributed by atoms with E-state index in [2.05, 4.69) is 14.7 Å². The molecule has 2 aromatic carbocycles. The molecule has 0 N–H and O–H groups in total. The number of fused-ring (bicyclic) bond motifs is 1. The Morgan fingerprint density at radius 3 is 2.20 bits per heavy atom. The Hall–Kier alpha value is -3.30. The van der Waals surface area contributed by atoms with Crippen LogP contribution in [0.2, 0.25) is 0 Å². The van der Waals surface area contributed by atoms with Crippen molar-refractivity contribution >= 4 is 61.8 Å². The van der Waals surface area contributed by atoms with E-state index < -0.39 is 11.7 Å². The second kappa shape index (κ2) is 9.05. The average Bonchev–Trinajstić information content (AvgIpc) is 2.86. The minimum atomic E-state index is -4.76. The molecule has 3 aromatic rings. The highest BCUT2D eigenvalue weighted by atomic mass is 19.4. The van der Waals surface area contributed by atoms with Gasteiger partial charge in [-0.2, -0.15) is 0 Å². The van der Waals surface area contributed by atoms with Crippen molar-refractivity contribution in [2.45, 2.75) is 18.2 Å². The molecule has 0 atom stereocenters. The van der Waals surface area contributed by atoms with Crippen LogP contribution in [0, 0.1) is 0 Å². The smallest absolute Gasteiger partial charge is 0.492 e. The fraction of sp³-hybridized carbons (Fsp3) is 0.190. The molecule has 0 saturated carbocycles. The van der Waals surface area contributed by atoms with Crippen molar-refractivity contribution in [3.63, 3.8) is 0 Å². The Balaban J connectivity index is 1.67. The van der Waals surface area contributed by atoms with Crippen LogP contribution in [0.3, 0.4) is 0 Å². The first kappa shape index (κ1) is 24.8. The minimum Gasteiger partial charge on any atom is -0.492 e. The van der Waals surface area contributed by atoms with Crippen LogP contribution < -0.4 is 26.1 Å². The Bertz CT molecular complexity index is 1270. The number of carbonyl (C=O) groups excluding carboxylic acids is 1. The van der Waals surface area contributed by atoms with E-state index in [0.717, 1.165) is 16.6 Å². The molecule has 1 amide bonds. The quantitative estimate of drug-likeness (QED) is 0.373. The number of amides is 1. The second-order valence-corrected chi connectivity index (χ2v) is 9.21. The molecule has 1 aromatic heterocycles. The van der Waals surface area contributed by atoms with E-state index >= 15 is 0 Å². The number of nitrogens with zero attached hydrogens (tertiary/aromatic N) is 3. The van der Waals surface area contributed by atoms with E-state index in [1.54, 1.807) is 23.1 Å². The molecule has 1 aliphatic rings. The maximum Gasteiger partial charge on any atom is 0.573 e. The molecule has 6 nitrogen and oxygen atoms in total. The van der Waals surface area contributed by atoms with Crippen molar-refractivity contribution < 1.29 is 27.4 Å². The van der Waals surface area contributed by atoms with E-state index in [1.165, 1.54) is 24.3 Å². The summed E-state index contributed by atoms with van der Waals surface area (Å²) in [7, 11) is 9.63. The normalized spacial score (nSPS) is 15.2. The monoisotopic (exact) mass is 475 g/mol. The highest BCUT2D eigenvalue weighted by Gasteiger charge is 2.37. The van der Waals surface area contributed by atoms with Crippen molar-refractivity contribution in [3.05, 3.63) is 53.9 Å². The van der Waals surface area contributed by atoms with E-state index in [9.17, 15) is 18.0 Å². The van der Waals surface area contributed by atoms with E-state index in [4.69, 9.17) is 4.74 Å². The molecule has 35 heavy (non-hydrogen) atoms. The van der Waals surface area contributed by atoms with Gasteiger partial charge in [0.15, 0.2) is 15.7 Å². The molecule has 0 bridgehead atoms. The van der Waals surface area contributed by atoms with Crippen molar-refractivity contribution in [3.8, 4) is 22.6 Å². The molecule has 174 valence electrons. The van der Waals surface area contributed by atoms with Gasteiger partial charge in [-0.15, -0.1) is 13.2 Å². The molecule has 14 heteroatoms. The molecule has 0 aliphatic carbocycles. The summed E-state index contributed by atoms with van der Waals surface area (Å²) in [6.07, 6.45) is -4.76. The van der Waals surface area contributed by atoms with Gasteiger partial charge in [-0.3, -0.25) is 4.79 Å². The molecular weight excluding hydrogens is 453 g/mol. The van der Waals surface area contributed by atoms with Crippen LogP contribution in [0.15, 0.2) is 42.5 Å². The number of carbonyl (C=O) groups is 1. The van der Waals surface area contributed by atoms with Gasteiger partial charge in [-0.1, -0.05) is 23.7 Å². The first-order valence-corrected chi connectivity index (χ1v) is 11.1. The first-order chi connectivity index (χ1) is 16.3. The maximum atomic E-state index is 13.7. The summed E-state index contributed by atoms with van der Waals surface area (Å²) >= 11 is 0. The number of ether oxygens (including phenoxy) is 2. The van der Waals surface area contributed by atoms with Gasteiger partial charge in [-0.25, -0.2) is 9.97 Å². The minimum absolute atomic E-state index is 0.213. The highest BCUT2D eigenvalue weighted by molar-refractivity contribution is 6.55. The summed E-state index contributed by atoms with van der Waals surface area (Å²) in [5.74, 6) is 0.448.